The van der Waals surface area contributed by atoms with Gasteiger partial charge in [0, 0.05) is 11.8 Å². The highest BCUT2D eigenvalue weighted by Gasteiger charge is 2.47. The van der Waals surface area contributed by atoms with Crippen LogP contribution in [0.5, 0.6) is 11.5 Å². The smallest absolute Gasteiger partial charge is 0.164 e. The van der Waals surface area contributed by atoms with Gasteiger partial charge in [-0.1, -0.05) is 41.0 Å². The molecule has 2 aliphatic heterocycles. The van der Waals surface area contributed by atoms with E-state index < -0.39 is 9.84 Å². The first-order chi connectivity index (χ1) is 14.3. The lowest BCUT2D eigenvalue weighted by atomic mass is 10.1. The zero-order chi connectivity index (χ0) is 21.5. The molecule has 1 fully saturated rings. The molecule has 10 heteroatoms. The molecule has 2 aromatic carbocycles. The number of fused-ring (bicyclic) bond motifs is 1. The number of halogens is 2. The van der Waals surface area contributed by atoms with Gasteiger partial charge in [-0.15, -0.1) is 0 Å². The molecular formula is C20H20Cl2N2O4S2. The van der Waals surface area contributed by atoms with Crippen molar-refractivity contribution in [3.05, 3.63) is 52.0 Å². The third-order valence-corrected chi connectivity index (χ3v) is 8.58. The number of rotatable bonds is 5. The van der Waals surface area contributed by atoms with Crippen LogP contribution in [0.25, 0.3) is 0 Å². The number of hydrogen-bond acceptors (Lipinski definition) is 7. The Morgan fingerprint density at radius 1 is 1.10 bits per heavy atom. The monoisotopic (exact) mass is 486 g/mol. The second-order valence-corrected chi connectivity index (χ2v) is 11.0. The minimum Gasteiger partial charge on any atom is -0.497 e. The van der Waals surface area contributed by atoms with Gasteiger partial charge in [0.15, 0.2) is 15.0 Å². The van der Waals surface area contributed by atoms with Crippen molar-refractivity contribution in [3.8, 4) is 11.5 Å². The van der Waals surface area contributed by atoms with E-state index in [-0.39, 0.29) is 23.6 Å². The van der Waals surface area contributed by atoms with Gasteiger partial charge in [0.2, 0.25) is 0 Å². The Hall–Kier alpha value is -1.61. The standard InChI is InChI=1S/C20H20Cl2N2O4S2/c1-27-13-4-6-19(28-2)17(8-13)24-18-11-30(25,26)10-16(18)23-20(24)29-9-12-3-5-14(21)15(22)7-12/h3-8,16,18H,9-11H2,1-2H3/t16-,18+/m0/s1. The van der Waals surface area contributed by atoms with Crippen molar-refractivity contribution < 1.29 is 17.9 Å². The number of thioether (sulfide) groups is 1. The van der Waals surface area contributed by atoms with Gasteiger partial charge in [0.05, 0.1) is 53.5 Å². The predicted molar refractivity (Wildman–Crippen MR) is 123 cm³/mol. The van der Waals surface area contributed by atoms with Gasteiger partial charge in [-0.2, -0.15) is 0 Å². The molecule has 0 amide bonds. The van der Waals surface area contributed by atoms with E-state index in [1.807, 2.05) is 29.2 Å². The topological polar surface area (TPSA) is 68.2 Å². The molecule has 0 saturated carbocycles. The van der Waals surface area contributed by atoms with E-state index in [4.69, 9.17) is 37.7 Å². The highest BCUT2D eigenvalue weighted by Crippen LogP contribution is 2.41. The lowest BCUT2D eigenvalue weighted by molar-refractivity contribution is 0.403. The molecule has 0 bridgehead atoms. The molecule has 0 aromatic heterocycles. The fourth-order valence-corrected chi connectivity index (χ4v) is 6.90. The van der Waals surface area contributed by atoms with Crippen LogP contribution in [-0.4, -0.2) is 51.4 Å². The van der Waals surface area contributed by atoms with Crippen LogP contribution in [0, 0.1) is 0 Å². The summed E-state index contributed by atoms with van der Waals surface area (Å²) in [5, 5.41) is 1.75. The first-order valence-corrected chi connectivity index (χ1v) is 12.7. The maximum absolute atomic E-state index is 12.3. The van der Waals surface area contributed by atoms with Crippen molar-refractivity contribution in [1.82, 2.24) is 0 Å². The van der Waals surface area contributed by atoms with Gasteiger partial charge in [-0.3, -0.25) is 4.99 Å². The number of aliphatic imine (C=N–C) groups is 1. The van der Waals surface area contributed by atoms with Gasteiger partial charge in [-0.05, 0) is 29.8 Å². The van der Waals surface area contributed by atoms with Crippen LogP contribution in [0.1, 0.15) is 5.56 Å². The van der Waals surface area contributed by atoms with Crippen molar-refractivity contribution in [2.75, 3.05) is 30.6 Å². The van der Waals surface area contributed by atoms with Crippen LogP contribution < -0.4 is 14.4 Å². The first kappa shape index (κ1) is 21.6. The third kappa shape index (κ3) is 4.23. The molecule has 0 aliphatic carbocycles. The van der Waals surface area contributed by atoms with Crippen molar-refractivity contribution in [2.24, 2.45) is 4.99 Å². The van der Waals surface area contributed by atoms with Crippen molar-refractivity contribution in [3.63, 3.8) is 0 Å². The summed E-state index contributed by atoms with van der Waals surface area (Å²) in [5.74, 6) is 2.01. The molecule has 4 rings (SSSR count). The molecule has 0 N–H and O–H groups in total. The molecular weight excluding hydrogens is 467 g/mol. The van der Waals surface area contributed by atoms with E-state index in [1.165, 1.54) is 11.8 Å². The zero-order valence-electron chi connectivity index (χ0n) is 16.3. The summed E-state index contributed by atoms with van der Waals surface area (Å²) < 4.78 is 35.5. The highest BCUT2D eigenvalue weighted by molar-refractivity contribution is 8.13. The Morgan fingerprint density at radius 2 is 1.90 bits per heavy atom. The molecule has 30 heavy (non-hydrogen) atoms. The second kappa shape index (κ2) is 8.49. The van der Waals surface area contributed by atoms with Crippen molar-refractivity contribution in [2.45, 2.75) is 17.8 Å². The van der Waals surface area contributed by atoms with Crippen molar-refractivity contribution in [1.29, 1.82) is 0 Å². The summed E-state index contributed by atoms with van der Waals surface area (Å²) in [6.45, 7) is 0. The molecule has 2 aromatic rings. The molecule has 160 valence electrons. The average molecular weight is 487 g/mol. The van der Waals surface area contributed by atoms with Gasteiger partial charge < -0.3 is 14.4 Å². The fourth-order valence-electron chi connectivity index (χ4n) is 3.68. The van der Waals surface area contributed by atoms with Crippen LogP contribution in [0.2, 0.25) is 10.0 Å². The van der Waals surface area contributed by atoms with E-state index in [9.17, 15) is 8.42 Å². The highest BCUT2D eigenvalue weighted by atomic mass is 35.5. The van der Waals surface area contributed by atoms with Gasteiger partial charge in [0.25, 0.3) is 0 Å². The number of amidine groups is 1. The normalized spacial score (nSPS) is 22.0. The van der Waals surface area contributed by atoms with Crippen LogP contribution in [0.15, 0.2) is 41.4 Å². The largest absolute Gasteiger partial charge is 0.497 e. The van der Waals surface area contributed by atoms with Gasteiger partial charge >= 0.3 is 0 Å². The van der Waals surface area contributed by atoms with E-state index >= 15 is 0 Å². The molecule has 2 atom stereocenters. The number of ether oxygens (including phenoxy) is 2. The molecule has 2 heterocycles. The van der Waals surface area contributed by atoms with Gasteiger partial charge in [0.1, 0.15) is 11.5 Å². The molecule has 2 aliphatic rings. The van der Waals surface area contributed by atoms with Gasteiger partial charge in [-0.25, -0.2) is 8.42 Å². The minimum absolute atomic E-state index is 0.0529. The molecule has 0 unspecified atom stereocenters. The third-order valence-electron chi connectivity index (χ3n) is 5.11. The molecule has 0 spiro atoms. The SMILES string of the molecule is COc1ccc(OC)c(N2C(SCc3ccc(Cl)c(Cl)c3)=N[C@H]3CS(=O)(=O)C[C@H]32)c1. The van der Waals surface area contributed by atoms with E-state index in [0.29, 0.717) is 27.3 Å². The quantitative estimate of drug-likeness (QED) is 0.627. The summed E-state index contributed by atoms with van der Waals surface area (Å²) in [7, 11) is 0.0322. The zero-order valence-corrected chi connectivity index (χ0v) is 19.5. The summed E-state index contributed by atoms with van der Waals surface area (Å²) >= 11 is 13.7. The predicted octanol–water partition coefficient (Wildman–Crippen LogP) is 4.29. The molecule has 0 radical (unpaired) electrons. The second-order valence-electron chi connectivity index (χ2n) is 7.07. The Labute approximate surface area is 190 Å². The van der Waals surface area contributed by atoms with Crippen LogP contribution in [-0.2, 0) is 15.6 Å². The lowest BCUT2D eigenvalue weighted by Crippen LogP contribution is -2.39. The van der Waals surface area contributed by atoms with Crippen LogP contribution >= 0.6 is 35.0 Å². The number of anilines is 1. The van der Waals surface area contributed by atoms with E-state index in [2.05, 4.69) is 0 Å². The van der Waals surface area contributed by atoms with E-state index in [1.54, 1.807) is 26.4 Å². The average Bonchev–Trinajstić information content (AvgIpc) is 3.19. The summed E-state index contributed by atoms with van der Waals surface area (Å²) in [4.78, 5) is 6.73. The Balaban J connectivity index is 1.68. The van der Waals surface area contributed by atoms with E-state index in [0.717, 1.165) is 16.4 Å². The Morgan fingerprint density at radius 3 is 2.60 bits per heavy atom. The molecule has 6 nitrogen and oxygen atoms in total. The maximum atomic E-state index is 12.3. The molecule has 1 saturated heterocycles. The summed E-state index contributed by atoms with van der Waals surface area (Å²) in [6.07, 6.45) is 0. The Kier molecular flexibility index (Phi) is 6.12. The minimum atomic E-state index is -3.14. The van der Waals surface area contributed by atoms with Crippen LogP contribution in [0.4, 0.5) is 5.69 Å². The lowest BCUT2D eigenvalue weighted by Gasteiger charge is -2.28. The number of methoxy groups -OCH3 is 2. The maximum Gasteiger partial charge on any atom is 0.164 e. The van der Waals surface area contributed by atoms with Crippen molar-refractivity contribution >= 4 is 55.7 Å². The first-order valence-electron chi connectivity index (χ1n) is 9.17. The Bertz CT molecular complexity index is 1110. The van der Waals surface area contributed by atoms with Crippen LogP contribution in [0.3, 0.4) is 0 Å². The number of benzene rings is 2. The summed E-state index contributed by atoms with van der Waals surface area (Å²) in [5.41, 5.74) is 1.74. The fraction of sp³-hybridized carbons (Fsp3) is 0.350. The number of sulfone groups is 1. The summed E-state index contributed by atoms with van der Waals surface area (Å²) in [6, 6.07) is 10.4. The number of hydrogen-bond donors (Lipinski definition) is 0. The number of nitrogens with zero attached hydrogens (tertiary/aromatic N) is 2.